The molecule has 64 valence electrons. The molecule has 0 heterocycles. The second kappa shape index (κ2) is 16.8. The molecule has 4 heteroatoms. The van der Waals surface area contributed by atoms with Crippen LogP contribution in [-0.4, -0.2) is 35.5 Å². The zero-order valence-electron chi connectivity index (χ0n) is 6.54. The van der Waals surface area contributed by atoms with Gasteiger partial charge in [-0.25, -0.2) is 0 Å². The van der Waals surface area contributed by atoms with Crippen molar-refractivity contribution in [3.05, 3.63) is 0 Å². The molecule has 0 nitrogen and oxygen atoms in total. The third kappa shape index (κ3) is 22.7. The highest BCUT2D eigenvalue weighted by atomic mass is 32.2. The van der Waals surface area contributed by atoms with Crippen LogP contribution in [0.4, 0.5) is 0 Å². The molecule has 0 saturated carbocycles. The second-order valence-corrected chi connectivity index (χ2v) is 4.40. The highest BCUT2D eigenvalue weighted by molar-refractivity contribution is 8.00. The van der Waals surface area contributed by atoms with Crippen LogP contribution >= 0.6 is 48.8 Å². The van der Waals surface area contributed by atoms with Crippen molar-refractivity contribution in [3.63, 3.8) is 0 Å². The van der Waals surface area contributed by atoms with Crippen LogP contribution in [-0.2, 0) is 0 Å². The summed E-state index contributed by atoms with van der Waals surface area (Å²) in [5.74, 6) is 4.28. The molecule has 0 aromatic carbocycles. The van der Waals surface area contributed by atoms with E-state index in [1.165, 1.54) is 0 Å². The Kier molecular flexibility index (Phi) is 23.4. The van der Waals surface area contributed by atoms with Crippen LogP contribution in [0.15, 0.2) is 0 Å². The van der Waals surface area contributed by atoms with E-state index in [2.05, 4.69) is 25.3 Å². The Morgan fingerprint density at radius 3 is 1.50 bits per heavy atom. The third-order valence-electron chi connectivity index (χ3n) is 0.471. The summed E-state index contributed by atoms with van der Waals surface area (Å²) in [6.45, 7) is 0. The van der Waals surface area contributed by atoms with Gasteiger partial charge in [0.05, 0.1) is 0 Å². The summed E-state index contributed by atoms with van der Waals surface area (Å²) in [6.07, 6.45) is 4.08. The Labute approximate surface area is 84.1 Å². The van der Waals surface area contributed by atoms with E-state index >= 15 is 0 Å². The molecule has 0 aromatic rings. The van der Waals surface area contributed by atoms with Crippen molar-refractivity contribution in [2.24, 2.45) is 0 Å². The fraction of sp³-hybridized carbons (Fsp3) is 1.00. The molecule has 0 aliphatic heterocycles. The van der Waals surface area contributed by atoms with Crippen molar-refractivity contribution in [1.82, 2.24) is 0 Å². The smallest absolute Gasteiger partial charge is 0.00213 e. The van der Waals surface area contributed by atoms with E-state index in [1.54, 1.807) is 11.8 Å². The predicted octanol–water partition coefficient (Wildman–Crippen LogP) is 2.56. The van der Waals surface area contributed by atoms with Gasteiger partial charge in [-0.2, -0.15) is 48.8 Å². The maximum absolute atomic E-state index is 4.05. The van der Waals surface area contributed by atoms with Crippen molar-refractivity contribution in [1.29, 1.82) is 0 Å². The molecule has 0 amide bonds. The van der Waals surface area contributed by atoms with Gasteiger partial charge in [-0.15, -0.1) is 0 Å². The second-order valence-electron chi connectivity index (χ2n) is 1.47. The van der Waals surface area contributed by atoms with Gasteiger partial charge in [0.1, 0.15) is 0 Å². The molecule has 0 aromatic heterocycles. The fourth-order valence-corrected chi connectivity index (χ4v) is 1.47. The first-order valence-electron chi connectivity index (χ1n) is 3.03. The van der Waals surface area contributed by atoms with Crippen LogP contribution in [0.3, 0.4) is 0 Å². The van der Waals surface area contributed by atoms with Crippen LogP contribution < -0.4 is 0 Å². The summed E-state index contributed by atoms with van der Waals surface area (Å²) in [5.41, 5.74) is 0. The minimum atomic E-state index is 0.985. The number of thioether (sulfide) groups is 2. The molecule has 0 saturated heterocycles. The first-order valence-corrected chi connectivity index (χ1v) is 7.08. The molecular formula is C6H16S4. The largest absolute Gasteiger partial charge is 0.179 e. The van der Waals surface area contributed by atoms with Gasteiger partial charge < -0.3 is 0 Å². The first-order chi connectivity index (χ1) is 4.83. The van der Waals surface area contributed by atoms with E-state index in [0.29, 0.717) is 0 Å². The van der Waals surface area contributed by atoms with E-state index in [0.717, 1.165) is 23.0 Å². The lowest BCUT2D eigenvalue weighted by Crippen LogP contribution is -1.83. The quantitative estimate of drug-likeness (QED) is 0.547. The third-order valence-corrected chi connectivity index (χ3v) is 2.51. The summed E-state index contributed by atoms with van der Waals surface area (Å²) >= 11 is 11.7. The molecule has 0 fully saturated rings. The van der Waals surface area contributed by atoms with Crippen LogP contribution in [0.2, 0.25) is 0 Å². The van der Waals surface area contributed by atoms with E-state index in [9.17, 15) is 0 Å². The molecule has 0 bridgehead atoms. The van der Waals surface area contributed by atoms with Crippen molar-refractivity contribution in [3.8, 4) is 0 Å². The van der Waals surface area contributed by atoms with Gasteiger partial charge in [0.15, 0.2) is 0 Å². The Morgan fingerprint density at radius 1 is 1.00 bits per heavy atom. The van der Waals surface area contributed by atoms with Gasteiger partial charge >= 0.3 is 0 Å². The summed E-state index contributed by atoms with van der Waals surface area (Å²) in [4.78, 5) is 0. The maximum Gasteiger partial charge on any atom is 0.00213 e. The van der Waals surface area contributed by atoms with Crippen LogP contribution in [0, 0.1) is 0 Å². The van der Waals surface area contributed by atoms with Gasteiger partial charge in [-0.1, -0.05) is 0 Å². The fourth-order valence-electron chi connectivity index (χ4n) is 0.231. The van der Waals surface area contributed by atoms with Crippen molar-refractivity contribution in [2.45, 2.75) is 0 Å². The van der Waals surface area contributed by atoms with Crippen LogP contribution in [0.1, 0.15) is 0 Å². The Bertz CT molecular complexity index is 36.7. The lowest BCUT2D eigenvalue weighted by molar-refractivity contribution is 1.50. The maximum atomic E-state index is 4.05. The standard InChI is InChI=1S/C4H10S3.C2H6S/c5-1-3-7-4-2-6;1-3-2/h5-6H,1-4H2;1-2H3. The highest BCUT2D eigenvalue weighted by Gasteiger charge is 1.80. The first kappa shape index (κ1) is 14.0. The van der Waals surface area contributed by atoms with Crippen molar-refractivity contribution >= 4 is 48.8 Å². The van der Waals surface area contributed by atoms with Gasteiger partial charge in [0, 0.05) is 11.5 Å². The normalized spacial score (nSPS) is 8.40. The average molecular weight is 216 g/mol. The van der Waals surface area contributed by atoms with Gasteiger partial charge in [-0.3, -0.25) is 0 Å². The van der Waals surface area contributed by atoms with E-state index in [4.69, 9.17) is 0 Å². The lowest BCUT2D eigenvalue weighted by atomic mass is 10.9. The van der Waals surface area contributed by atoms with E-state index in [1.807, 2.05) is 24.3 Å². The monoisotopic (exact) mass is 216 g/mol. The minimum absolute atomic E-state index is 0.985. The van der Waals surface area contributed by atoms with Crippen molar-refractivity contribution < 1.29 is 0 Å². The molecule has 0 radical (unpaired) electrons. The van der Waals surface area contributed by atoms with Crippen molar-refractivity contribution in [2.75, 3.05) is 35.5 Å². The molecule has 10 heavy (non-hydrogen) atoms. The SMILES string of the molecule is CSC.SCCSCCS. The Morgan fingerprint density at radius 2 is 1.30 bits per heavy atom. The molecule has 0 rings (SSSR count). The summed E-state index contributed by atoms with van der Waals surface area (Å²) in [6, 6.07) is 0. The Hall–Kier alpha value is 1.40. The zero-order chi connectivity index (χ0) is 8.24. The zero-order valence-corrected chi connectivity index (χ0v) is 9.96. The van der Waals surface area contributed by atoms with E-state index in [-0.39, 0.29) is 0 Å². The number of thiol groups is 2. The summed E-state index contributed by atoms with van der Waals surface area (Å²) < 4.78 is 0. The molecule has 0 spiro atoms. The van der Waals surface area contributed by atoms with Crippen LogP contribution in [0.25, 0.3) is 0 Å². The average Bonchev–Trinajstić information content (AvgIpc) is 1.91. The van der Waals surface area contributed by atoms with Crippen LogP contribution in [0.5, 0.6) is 0 Å². The predicted molar refractivity (Wildman–Crippen MR) is 64.5 cm³/mol. The lowest BCUT2D eigenvalue weighted by Gasteiger charge is -1.90. The molecular weight excluding hydrogens is 200 g/mol. The highest BCUT2D eigenvalue weighted by Crippen LogP contribution is 1.99. The van der Waals surface area contributed by atoms with Gasteiger partial charge in [0.25, 0.3) is 0 Å². The molecule has 0 N–H and O–H groups in total. The van der Waals surface area contributed by atoms with Gasteiger partial charge in [0.2, 0.25) is 0 Å². The summed E-state index contributed by atoms with van der Waals surface area (Å²) in [5, 5.41) is 0. The Balaban J connectivity index is 0. The molecule has 0 atom stereocenters. The summed E-state index contributed by atoms with van der Waals surface area (Å²) in [7, 11) is 0. The molecule has 0 aliphatic carbocycles. The molecule has 0 aliphatic rings. The minimum Gasteiger partial charge on any atom is -0.179 e. The topological polar surface area (TPSA) is 0 Å². The number of rotatable bonds is 4. The number of hydrogen-bond acceptors (Lipinski definition) is 4. The molecule has 0 unspecified atom stereocenters. The van der Waals surface area contributed by atoms with E-state index < -0.39 is 0 Å². The van der Waals surface area contributed by atoms with Gasteiger partial charge in [-0.05, 0) is 24.0 Å². The number of hydrogen-bond donors (Lipinski definition) is 2.